The fraction of sp³-hybridized carbons (Fsp3) is 0.571. The summed E-state index contributed by atoms with van der Waals surface area (Å²) in [6.45, 7) is 5.95. The molecule has 0 amide bonds. The van der Waals surface area contributed by atoms with Gasteiger partial charge in [-0.1, -0.05) is 6.92 Å². The minimum Gasteiger partial charge on any atom is -0.403 e. The van der Waals surface area contributed by atoms with E-state index in [1.54, 1.807) is 0 Å². The molecule has 2 N–H and O–H groups in total. The van der Waals surface area contributed by atoms with Gasteiger partial charge in [-0.2, -0.15) is 0 Å². The highest BCUT2D eigenvalue weighted by Crippen LogP contribution is 1.94. The second-order valence-corrected chi connectivity index (χ2v) is 2.01. The Kier molecular flexibility index (Phi) is 3.76. The van der Waals surface area contributed by atoms with E-state index >= 15 is 0 Å². The molecule has 0 radical (unpaired) electrons. The van der Waals surface area contributed by atoms with Crippen molar-refractivity contribution in [3.63, 3.8) is 0 Å². The van der Waals surface area contributed by atoms with Crippen LogP contribution in [-0.2, 0) is 0 Å². The molecule has 0 aromatic carbocycles. The predicted octanol–water partition coefficient (Wildman–Crippen LogP) is 1.68. The maximum absolute atomic E-state index is 5.21. The molecule has 0 aliphatic carbocycles. The van der Waals surface area contributed by atoms with Crippen LogP contribution >= 0.6 is 0 Å². The lowest BCUT2D eigenvalue weighted by Gasteiger charge is -1.93. The highest BCUT2D eigenvalue weighted by molar-refractivity contribution is 5.82. The smallest absolute Gasteiger partial charge is 0.0526 e. The normalized spacial score (nSPS) is 14.1. The average Bonchev–Trinajstić information content (AvgIpc) is 1.87. The Hall–Kier alpha value is -0.790. The summed E-state index contributed by atoms with van der Waals surface area (Å²) >= 11 is 0. The highest BCUT2D eigenvalue weighted by Gasteiger charge is 1.84. The number of hydrogen-bond acceptors (Lipinski definition) is 2. The monoisotopic (exact) mass is 126 g/mol. The van der Waals surface area contributed by atoms with Crippen LogP contribution in [0, 0.1) is 0 Å². The number of aliphatic imine (C=N–C) groups is 1. The fourth-order valence-electron chi connectivity index (χ4n) is 0.417. The Morgan fingerprint density at radius 3 is 2.44 bits per heavy atom. The second-order valence-electron chi connectivity index (χ2n) is 2.01. The maximum atomic E-state index is 5.21. The zero-order valence-corrected chi connectivity index (χ0v) is 6.31. The van der Waals surface area contributed by atoms with Crippen LogP contribution < -0.4 is 5.73 Å². The molecule has 0 atom stereocenters. The van der Waals surface area contributed by atoms with Gasteiger partial charge in [0.1, 0.15) is 0 Å². The van der Waals surface area contributed by atoms with Crippen molar-refractivity contribution in [1.82, 2.24) is 0 Å². The first-order valence-corrected chi connectivity index (χ1v) is 3.13. The van der Waals surface area contributed by atoms with E-state index in [1.807, 2.05) is 13.8 Å². The van der Waals surface area contributed by atoms with Crippen molar-refractivity contribution in [3.05, 3.63) is 11.9 Å². The molecular formula is C7H14N2. The Morgan fingerprint density at radius 2 is 2.11 bits per heavy atom. The van der Waals surface area contributed by atoms with Crippen molar-refractivity contribution in [2.24, 2.45) is 10.7 Å². The van der Waals surface area contributed by atoms with Gasteiger partial charge in [0.05, 0.1) is 5.70 Å². The highest BCUT2D eigenvalue weighted by atomic mass is 14.8. The topological polar surface area (TPSA) is 38.4 Å². The van der Waals surface area contributed by atoms with Crippen LogP contribution in [0.4, 0.5) is 0 Å². The molecule has 0 aliphatic rings. The molecule has 0 fully saturated rings. The number of nitrogens with two attached hydrogens (primary N) is 1. The summed E-state index contributed by atoms with van der Waals surface area (Å²) in [6.07, 6.45) is 2.50. The van der Waals surface area contributed by atoms with Crippen molar-refractivity contribution in [1.29, 1.82) is 0 Å². The van der Waals surface area contributed by atoms with Gasteiger partial charge in [-0.25, -0.2) is 0 Å². The summed E-state index contributed by atoms with van der Waals surface area (Å²) < 4.78 is 0. The van der Waals surface area contributed by atoms with E-state index in [9.17, 15) is 0 Å². The third-order valence-corrected chi connectivity index (χ3v) is 1.12. The van der Waals surface area contributed by atoms with E-state index in [0.29, 0.717) is 0 Å². The molecule has 0 aliphatic heterocycles. The maximum Gasteiger partial charge on any atom is 0.0526 e. The molecule has 9 heavy (non-hydrogen) atoms. The zero-order chi connectivity index (χ0) is 7.28. The zero-order valence-electron chi connectivity index (χ0n) is 6.31. The standard InChI is InChI=1S/C7H14N2/c1-4-6(2)9-7(3)5-8/h5H,4,8H2,1-3H3/b7-5-,9-6-. The molecule has 0 saturated heterocycles. The van der Waals surface area contributed by atoms with Gasteiger partial charge < -0.3 is 5.73 Å². The van der Waals surface area contributed by atoms with Gasteiger partial charge in [-0.15, -0.1) is 0 Å². The van der Waals surface area contributed by atoms with Crippen LogP contribution in [0.1, 0.15) is 27.2 Å². The minimum absolute atomic E-state index is 0.884. The van der Waals surface area contributed by atoms with E-state index < -0.39 is 0 Å². The predicted molar refractivity (Wildman–Crippen MR) is 41.3 cm³/mol. The Bertz CT molecular complexity index is 134. The summed E-state index contributed by atoms with van der Waals surface area (Å²) in [5, 5.41) is 0. The number of rotatable bonds is 2. The van der Waals surface area contributed by atoms with Gasteiger partial charge >= 0.3 is 0 Å². The first-order valence-electron chi connectivity index (χ1n) is 3.13. The van der Waals surface area contributed by atoms with E-state index in [1.165, 1.54) is 6.20 Å². The van der Waals surface area contributed by atoms with E-state index in [0.717, 1.165) is 17.8 Å². The van der Waals surface area contributed by atoms with Crippen molar-refractivity contribution in [2.75, 3.05) is 0 Å². The molecule has 0 aromatic rings. The summed E-state index contributed by atoms with van der Waals surface area (Å²) in [7, 11) is 0. The molecule has 0 aromatic heterocycles. The molecule has 2 nitrogen and oxygen atoms in total. The van der Waals surface area contributed by atoms with Crippen molar-refractivity contribution in [3.8, 4) is 0 Å². The van der Waals surface area contributed by atoms with Crippen LogP contribution in [0.25, 0.3) is 0 Å². The van der Waals surface area contributed by atoms with Crippen LogP contribution in [-0.4, -0.2) is 5.71 Å². The van der Waals surface area contributed by atoms with Crippen LogP contribution in [0.2, 0.25) is 0 Å². The summed E-state index contributed by atoms with van der Waals surface area (Å²) in [5.41, 5.74) is 7.21. The molecule has 0 bridgehead atoms. The Morgan fingerprint density at radius 1 is 1.56 bits per heavy atom. The molecular weight excluding hydrogens is 112 g/mol. The van der Waals surface area contributed by atoms with E-state index in [-0.39, 0.29) is 0 Å². The lowest BCUT2D eigenvalue weighted by atomic mass is 10.3. The first kappa shape index (κ1) is 8.21. The van der Waals surface area contributed by atoms with Gasteiger partial charge in [-0.05, 0) is 20.3 Å². The Labute approximate surface area is 56.5 Å². The summed E-state index contributed by atoms with van der Waals surface area (Å²) in [4.78, 5) is 4.17. The van der Waals surface area contributed by atoms with Gasteiger partial charge in [0.25, 0.3) is 0 Å². The minimum atomic E-state index is 0.884. The molecule has 0 spiro atoms. The molecule has 0 unspecified atom stereocenters. The first-order chi connectivity index (χ1) is 4.20. The van der Waals surface area contributed by atoms with Gasteiger partial charge in [0.2, 0.25) is 0 Å². The van der Waals surface area contributed by atoms with Crippen LogP contribution in [0.15, 0.2) is 16.9 Å². The second kappa shape index (κ2) is 4.13. The van der Waals surface area contributed by atoms with Crippen LogP contribution in [0.5, 0.6) is 0 Å². The summed E-state index contributed by atoms with van der Waals surface area (Å²) in [5.74, 6) is 0. The Balaban J connectivity index is 3.95. The summed E-state index contributed by atoms with van der Waals surface area (Å²) in [6, 6.07) is 0. The molecule has 0 rings (SSSR count). The fourth-order valence-corrected chi connectivity index (χ4v) is 0.417. The third kappa shape index (κ3) is 3.76. The third-order valence-electron chi connectivity index (χ3n) is 1.12. The van der Waals surface area contributed by atoms with Crippen molar-refractivity contribution in [2.45, 2.75) is 27.2 Å². The van der Waals surface area contributed by atoms with Crippen LogP contribution in [0.3, 0.4) is 0 Å². The molecule has 0 saturated carbocycles. The lowest BCUT2D eigenvalue weighted by Crippen LogP contribution is -1.89. The number of nitrogens with zero attached hydrogens (tertiary/aromatic N) is 1. The molecule has 2 heteroatoms. The van der Waals surface area contributed by atoms with E-state index in [2.05, 4.69) is 11.9 Å². The van der Waals surface area contributed by atoms with Crippen molar-refractivity contribution >= 4 is 5.71 Å². The number of allylic oxidation sites excluding steroid dienone is 1. The average molecular weight is 126 g/mol. The van der Waals surface area contributed by atoms with Gasteiger partial charge in [0, 0.05) is 11.9 Å². The quantitative estimate of drug-likeness (QED) is 0.561. The molecule has 52 valence electrons. The largest absolute Gasteiger partial charge is 0.403 e. The lowest BCUT2D eigenvalue weighted by molar-refractivity contribution is 1.19. The van der Waals surface area contributed by atoms with Gasteiger partial charge in [-0.3, -0.25) is 4.99 Å². The molecule has 0 heterocycles. The van der Waals surface area contributed by atoms with Gasteiger partial charge in [0.15, 0.2) is 0 Å². The number of hydrogen-bond donors (Lipinski definition) is 1. The van der Waals surface area contributed by atoms with E-state index in [4.69, 9.17) is 5.73 Å². The SMILES string of the molecule is CC/C(C)=N\C(C)=C/N. The van der Waals surface area contributed by atoms with Crippen molar-refractivity contribution < 1.29 is 0 Å².